The molecule has 0 saturated heterocycles. The summed E-state index contributed by atoms with van der Waals surface area (Å²) in [5.74, 6) is -6.81. The maximum atomic E-state index is 13.9. The number of amides is 6. The predicted octanol–water partition coefficient (Wildman–Crippen LogP) is -3.16. The lowest BCUT2D eigenvalue weighted by Gasteiger charge is -2.27. The van der Waals surface area contributed by atoms with Crippen molar-refractivity contribution in [3.63, 3.8) is 0 Å². The number of carboxylic acid groups (broad SMARTS) is 1. The molecule has 0 aliphatic rings. The minimum absolute atomic E-state index is 0.0595. The Morgan fingerprint density at radius 2 is 0.907 bits per heavy atom. The Bertz CT molecular complexity index is 1560. The highest BCUT2D eigenvalue weighted by molar-refractivity contribution is 5.97. The smallest absolute Gasteiger partial charge is 0.328 e. The molecule has 2 aromatic carbocycles. The van der Waals surface area contributed by atoms with Gasteiger partial charge in [0.25, 0.3) is 0 Å². The molecule has 0 unspecified atom stereocenters. The van der Waals surface area contributed by atoms with E-state index < -0.39 is 104 Å². The molecule has 0 aliphatic heterocycles. The van der Waals surface area contributed by atoms with Crippen LogP contribution in [0.25, 0.3) is 0 Å². The second-order valence-corrected chi connectivity index (χ2v) is 13.0. The molecule has 0 saturated carbocycles. The molecule has 12 N–H and O–H groups in total. The summed E-state index contributed by atoms with van der Waals surface area (Å²) in [7, 11) is 0. The van der Waals surface area contributed by atoms with Crippen molar-refractivity contribution in [1.82, 2.24) is 31.9 Å². The van der Waals surface area contributed by atoms with Gasteiger partial charge in [0.2, 0.25) is 35.4 Å². The molecule has 0 fully saturated rings. The number of carboxylic acids is 1. The van der Waals surface area contributed by atoms with Crippen LogP contribution >= 0.6 is 0 Å². The highest BCUT2D eigenvalue weighted by atomic mass is 16.4. The van der Waals surface area contributed by atoms with Crippen LogP contribution in [0.2, 0.25) is 0 Å². The van der Waals surface area contributed by atoms with E-state index in [1.807, 2.05) is 0 Å². The summed E-state index contributed by atoms with van der Waals surface area (Å²) >= 11 is 0. The lowest BCUT2D eigenvalue weighted by atomic mass is 9.99. The van der Waals surface area contributed by atoms with Gasteiger partial charge in [-0.2, -0.15) is 0 Å². The Morgan fingerprint density at radius 3 is 1.31 bits per heavy atom. The van der Waals surface area contributed by atoms with E-state index in [1.54, 1.807) is 74.5 Å². The first-order valence-electron chi connectivity index (χ1n) is 17.3. The zero-order chi connectivity index (χ0) is 40.4. The number of hydrogen-bond acceptors (Lipinski definition) is 11. The summed E-state index contributed by atoms with van der Waals surface area (Å²) in [5, 5.41) is 52.4. The number of carbonyl (C=O) groups excluding carboxylic acids is 6. The first-order chi connectivity index (χ1) is 25.6. The Labute approximate surface area is 312 Å². The molecule has 2 aromatic rings. The first kappa shape index (κ1) is 44.7. The molecule has 0 radical (unpaired) electrons. The van der Waals surface area contributed by atoms with E-state index in [9.17, 15) is 48.9 Å². The number of carbonyl (C=O) groups is 7. The van der Waals surface area contributed by atoms with Gasteiger partial charge < -0.3 is 58.1 Å². The minimum atomic E-state index is -1.64. The van der Waals surface area contributed by atoms with Crippen LogP contribution in [-0.2, 0) is 46.4 Å². The minimum Gasteiger partial charge on any atom is -0.480 e. The Kier molecular flexibility index (Phi) is 18.7. The maximum Gasteiger partial charge on any atom is 0.328 e. The quantitative estimate of drug-likeness (QED) is 0.0568. The fraction of sp³-hybridized carbons (Fsp3) is 0.472. The molecule has 7 atom stereocenters. The van der Waals surface area contributed by atoms with Crippen molar-refractivity contribution in [1.29, 1.82) is 0 Å². The standard InChI is InChI=1S/C36H51N7O11/c1-20(2)14-25(32(49)40-27(16-23-12-8-5-9-13-23)34(51)43-29(19-46)36(53)54)39-33(50)26(15-22-10-6-4-7-11-22)41-35(52)28(18-45)42-30(47)21(3)38-31(48)24(37)17-44/h4-13,20-21,24-29,44-46H,14-19,37H2,1-3H3,(H,38,48)(H,39,50)(H,40,49)(H,41,52)(H,42,47)(H,43,51)(H,53,54)/t21-,24-,25-,26-,27-,28-,29-/m0/s1. The number of nitrogens with two attached hydrogens (primary N) is 1. The van der Waals surface area contributed by atoms with E-state index in [4.69, 9.17) is 10.8 Å². The van der Waals surface area contributed by atoms with E-state index >= 15 is 0 Å². The van der Waals surface area contributed by atoms with Crippen molar-refractivity contribution < 1.29 is 54.0 Å². The van der Waals surface area contributed by atoms with E-state index in [-0.39, 0.29) is 25.2 Å². The normalized spacial score (nSPS) is 14.9. The molecule has 0 spiro atoms. The van der Waals surface area contributed by atoms with Gasteiger partial charge in [0, 0.05) is 12.8 Å². The summed E-state index contributed by atoms with van der Waals surface area (Å²) in [6.45, 7) is 2.41. The summed E-state index contributed by atoms with van der Waals surface area (Å²) in [4.78, 5) is 90.6. The highest BCUT2D eigenvalue weighted by Gasteiger charge is 2.33. The third-order valence-electron chi connectivity index (χ3n) is 8.07. The highest BCUT2D eigenvalue weighted by Crippen LogP contribution is 2.11. The number of benzene rings is 2. The van der Waals surface area contributed by atoms with Gasteiger partial charge in [-0.3, -0.25) is 28.8 Å². The molecule has 0 aromatic heterocycles. The molecule has 0 bridgehead atoms. The second kappa shape index (κ2) is 22.6. The summed E-state index contributed by atoms with van der Waals surface area (Å²) < 4.78 is 0. The third kappa shape index (κ3) is 14.9. The Morgan fingerprint density at radius 1 is 0.519 bits per heavy atom. The van der Waals surface area contributed by atoms with Gasteiger partial charge >= 0.3 is 5.97 Å². The average molecular weight is 758 g/mol. The fourth-order valence-electron chi connectivity index (χ4n) is 5.06. The SMILES string of the molecule is CC(C)C[C@H](NC(=O)[C@H](Cc1ccccc1)NC(=O)[C@H](CO)NC(=O)[C@H](C)NC(=O)[C@@H](N)CO)C(=O)N[C@@H](Cc1ccccc1)C(=O)N[C@@H](CO)C(=O)O. The number of aliphatic hydroxyl groups is 3. The van der Waals surface area contributed by atoms with Crippen molar-refractivity contribution in [2.45, 2.75) is 82.3 Å². The van der Waals surface area contributed by atoms with Crippen molar-refractivity contribution >= 4 is 41.4 Å². The van der Waals surface area contributed by atoms with Crippen molar-refractivity contribution in [3.05, 3.63) is 71.8 Å². The van der Waals surface area contributed by atoms with Crippen molar-refractivity contribution in [3.8, 4) is 0 Å². The van der Waals surface area contributed by atoms with E-state index in [2.05, 4.69) is 31.9 Å². The van der Waals surface area contributed by atoms with Crippen molar-refractivity contribution in [2.75, 3.05) is 19.8 Å². The van der Waals surface area contributed by atoms with Crippen LogP contribution < -0.4 is 37.6 Å². The molecular weight excluding hydrogens is 706 g/mol. The van der Waals surface area contributed by atoms with Crippen LogP contribution in [0.4, 0.5) is 0 Å². The zero-order valence-electron chi connectivity index (χ0n) is 30.4. The zero-order valence-corrected chi connectivity index (χ0v) is 30.4. The summed E-state index contributed by atoms with van der Waals surface area (Å²) in [6.07, 6.45) is -0.0602. The Hall–Kier alpha value is -5.43. The predicted molar refractivity (Wildman–Crippen MR) is 194 cm³/mol. The number of aliphatic hydroxyl groups excluding tert-OH is 3. The average Bonchev–Trinajstić information content (AvgIpc) is 3.14. The van der Waals surface area contributed by atoms with Gasteiger partial charge in [-0.1, -0.05) is 74.5 Å². The molecular formula is C36H51N7O11. The molecule has 18 heteroatoms. The van der Waals surface area contributed by atoms with Crippen molar-refractivity contribution in [2.24, 2.45) is 11.7 Å². The molecule has 54 heavy (non-hydrogen) atoms. The monoisotopic (exact) mass is 757 g/mol. The second-order valence-electron chi connectivity index (χ2n) is 13.0. The van der Waals surface area contributed by atoms with Crippen LogP contribution in [0, 0.1) is 5.92 Å². The number of rotatable bonds is 22. The van der Waals surface area contributed by atoms with Crippen LogP contribution in [0.15, 0.2) is 60.7 Å². The van der Waals surface area contributed by atoms with Gasteiger partial charge in [-0.25, -0.2) is 4.79 Å². The number of hydrogen-bond donors (Lipinski definition) is 11. The summed E-state index contributed by atoms with van der Waals surface area (Å²) in [6, 6.07) is 7.46. The fourth-order valence-corrected chi connectivity index (χ4v) is 5.06. The van der Waals surface area contributed by atoms with Gasteiger partial charge in [-0.05, 0) is 30.4 Å². The van der Waals surface area contributed by atoms with Gasteiger partial charge in [0.05, 0.1) is 19.8 Å². The number of nitrogens with one attached hydrogen (secondary N) is 6. The maximum absolute atomic E-state index is 13.9. The topological polar surface area (TPSA) is 299 Å². The van der Waals surface area contributed by atoms with Gasteiger partial charge in [-0.15, -0.1) is 0 Å². The van der Waals surface area contributed by atoms with Gasteiger partial charge in [0.1, 0.15) is 42.3 Å². The lowest BCUT2D eigenvalue weighted by molar-refractivity contribution is -0.143. The molecule has 296 valence electrons. The van der Waals surface area contributed by atoms with E-state index in [1.165, 1.54) is 6.92 Å². The first-order valence-corrected chi connectivity index (χ1v) is 17.3. The third-order valence-corrected chi connectivity index (χ3v) is 8.07. The number of aliphatic carboxylic acids is 1. The summed E-state index contributed by atoms with van der Waals surface area (Å²) in [5.41, 5.74) is 6.70. The Balaban J connectivity index is 2.33. The van der Waals surface area contributed by atoms with Crippen LogP contribution in [0.1, 0.15) is 38.3 Å². The molecule has 6 amide bonds. The molecule has 0 aliphatic carbocycles. The van der Waals surface area contributed by atoms with Gasteiger partial charge in [0.15, 0.2) is 0 Å². The van der Waals surface area contributed by atoms with Crippen LogP contribution in [0.3, 0.4) is 0 Å². The van der Waals surface area contributed by atoms with E-state index in [0.717, 1.165) is 0 Å². The largest absolute Gasteiger partial charge is 0.480 e. The van der Waals surface area contributed by atoms with Crippen LogP contribution in [-0.4, -0.2) is 124 Å². The lowest BCUT2D eigenvalue weighted by Crippen LogP contribution is -2.61. The van der Waals surface area contributed by atoms with Crippen LogP contribution in [0.5, 0.6) is 0 Å². The molecule has 0 heterocycles. The molecule has 2 rings (SSSR count). The molecule has 18 nitrogen and oxygen atoms in total. The van der Waals surface area contributed by atoms with E-state index in [0.29, 0.717) is 11.1 Å².